The first-order valence-corrected chi connectivity index (χ1v) is 6.85. The van der Waals surface area contributed by atoms with Crippen molar-refractivity contribution in [2.75, 3.05) is 0 Å². The molecule has 0 unspecified atom stereocenters. The van der Waals surface area contributed by atoms with Gasteiger partial charge < -0.3 is 15.6 Å². The fourth-order valence-corrected chi connectivity index (χ4v) is 2.09. The molecule has 0 aliphatic carbocycles. The molecule has 0 spiro atoms. The maximum absolute atomic E-state index is 10.8. The van der Waals surface area contributed by atoms with Gasteiger partial charge in [0.25, 0.3) is 0 Å². The molecule has 4 nitrogen and oxygen atoms in total. The van der Waals surface area contributed by atoms with Crippen molar-refractivity contribution < 1.29 is 14.6 Å². The Balaban J connectivity index is 2.11. The van der Waals surface area contributed by atoms with Gasteiger partial charge in [0.15, 0.2) is 0 Å². The van der Waals surface area contributed by atoms with Gasteiger partial charge in [-0.3, -0.25) is 0 Å². The summed E-state index contributed by atoms with van der Waals surface area (Å²) >= 11 is 5.96. The molecule has 5 heteroatoms. The van der Waals surface area contributed by atoms with Gasteiger partial charge in [0.1, 0.15) is 12.4 Å². The van der Waals surface area contributed by atoms with Crippen LogP contribution in [0.2, 0.25) is 5.02 Å². The van der Waals surface area contributed by atoms with Crippen LogP contribution in [0.1, 0.15) is 34.5 Å². The van der Waals surface area contributed by atoms with Crippen LogP contribution in [0.25, 0.3) is 0 Å². The quantitative estimate of drug-likeness (QED) is 0.884. The predicted octanol–water partition coefficient (Wildman–Crippen LogP) is 3.64. The van der Waals surface area contributed by atoms with Crippen molar-refractivity contribution in [1.82, 2.24) is 0 Å². The van der Waals surface area contributed by atoms with E-state index in [0.717, 1.165) is 11.1 Å². The Morgan fingerprint density at radius 1 is 1.29 bits per heavy atom. The Morgan fingerprint density at radius 3 is 2.52 bits per heavy atom. The third kappa shape index (κ3) is 3.97. The summed E-state index contributed by atoms with van der Waals surface area (Å²) in [6, 6.07) is 11.7. The number of hydrogen-bond acceptors (Lipinski definition) is 3. The molecule has 0 saturated carbocycles. The van der Waals surface area contributed by atoms with E-state index >= 15 is 0 Å². The first-order chi connectivity index (χ1) is 9.97. The summed E-state index contributed by atoms with van der Waals surface area (Å²) in [5.74, 6) is -0.267. The summed E-state index contributed by atoms with van der Waals surface area (Å²) in [7, 11) is 0. The highest BCUT2D eigenvalue weighted by atomic mass is 35.5. The van der Waals surface area contributed by atoms with E-state index in [9.17, 15) is 4.79 Å². The van der Waals surface area contributed by atoms with E-state index in [-0.39, 0.29) is 11.6 Å². The number of nitrogens with two attached hydrogens (primary N) is 1. The lowest BCUT2D eigenvalue weighted by Crippen LogP contribution is -2.08. The molecule has 0 aliphatic rings. The van der Waals surface area contributed by atoms with Crippen molar-refractivity contribution in [2.45, 2.75) is 19.6 Å². The number of aromatic carboxylic acids is 1. The summed E-state index contributed by atoms with van der Waals surface area (Å²) in [5.41, 5.74) is 7.87. The van der Waals surface area contributed by atoms with Crippen LogP contribution in [0.4, 0.5) is 0 Å². The van der Waals surface area contributed by atoms with E-state index in [1.165, 1.54) is 0 Å². The number of carboxylic acid groups (broad SMARTS) is 1. The second-order valence-electron chi connectivity index (χ2n) is 4.76. The molecule has 0 radical (unpaired) electrons. The van der Waals surface area contributed by atoms with Crippen molar-refractivity contribution in [1.29, 1.82) is 0 Å². The second kappa shape index (κ2) is 6.61. The Kier molecular flexibility index (Phi) is 4.83. The minimum Gasteiger partial charge on any atom is -0.489 e. The summed E-state index contributed by atoms with van der Waals surface area (Å²) < 4.78 is 5.75. The molecule has 21 heavy (non-hydrogen) atoms. The first kappa shape index (κ1) is 15.4. The van der Waals surface area contributed by atoms with Crippen LogP contribution in [0.3, 0.4) is 0 Å². The van der Waals surface area contributed by atoms with Crippen LogP contribution in [0, 0.1) is 0 Å². The summed E-state index contributed by atoms with van der Waals surface area (Å²) in [6.45, 7) is 2.20. The molecule has 0 saturated heterocycles. The largest absolute Gasteiger partial charge is 0.489 e. The molecular weight excluding hydrogens is 290 g/mol. The van der Waals surface area contributed by atoms with Crippen LogP contribution in [0.15, 0.2) is 42.5 Å². The van der Waals surface area contributed by atoms with E-state index in [1.807, 2.05) is 6.92 Å². The number of ether oxygens (including phenoxy) is 1. The molecule has 0 aliphatic heterocycles. The highest BCUT2D eigenvalue weighted by Gasteiger charge is 2.09. The Hall–Kier alpha value is -2.04. The predicted molar refractivity (Wildman–Crippen MR) is 81.8 cm³/mol. The lowest BCUT2D eigenvalue weighted by Gasteiger charge is -2.14. The van der Waals surface area contributed by atoms with Gasteiger partial charge in [-0.1, -0.05) is 23.7 Å². The third-order valence-electron chi connectivity index (χ3n) is 3.06. The smallest absolute Gasteiger partial charge is 0.335 e. The number of hydrogen-bond donors (Lipinski definition) is 2. The second-order valence-corrected chi connectivity index (χ2v) is 5.20. The van der Waals surface area contributed by atoms with E-state index in [1.54, 1.807) is 42.5 Å². The average Bonchev–Trinajstić information content (AvgIpc) is 2.46. The van der Waals surface area contributed by atoms with Crippen molar-refractivity contribution in [3.05, 3.63) is 64.2 Å². The van der Waals surface area contributed by atoms with E-state index in [4.69, 9.17) is 27.2 Å². The van der Waals surface area contributed by atoms with Gasteiger partial charge in [-0.15, -0.1) is 0 Å². The van der Waals surface area contributed by atoms with Gasteiger partial charge in [-0.2, -0.15) is 0 Å². The molecule has 0 amide bonds. The fraction of sp³-hybridized carbons (Fsp3) is 0.188. The average molecular weight is 306 g/mol. The SMILES string of the molecule is C[C@@H](N)c1cc(Cl)ccc1OCc1ccc(C(=O)O)cc1. The molecule has 3 N–H and O–H groups in total. The van der Waals surface area contributed by atoms with Gasteiger partial charge in [0, 0.05) is 16.6 Å². The van der Waals surface area contributed by atoms with E-state index in [0.29, 0.717) is 17.4 Å². The number of halogens is 1. The molecule has 2 rings (SSSR count). The zero-order valence-electron chi connectivity index (χ0n) is 11.5. The van der Waals surface area contributed by atoms with Gasteiger partial charge >= 0.3 is 5.97 Å². The molecule has 0 fully saturated rings. The Labute approximate surface area is 128 Å². The van der Waals surface area contributed by atoms with Gasteiger partial charge in [0.2, 0.25) is 0 Å². The maximum Gasteiger partial charge on any atom is 0.335 e. The Bertz CT molecular complexity index is 638. The standard InChI is InChI=1S/C16H16ClNO3/c1-10(18)14-8-13(17)6-7-15(14)21-9-11-2-4-12(5-3-11)16(19)20/h2-8,10H,9,18H2,1H3,(H,19,20)/t10-/m1/s1. The van der Waals surface area contributed by atoms with Crippen molar-refractivity contribution in [3.63, 3.8) is 0 Å². The van der Waals surface area contributed by atoms with Crippen LogP contribution in [-0.4, -0.2) is 11.1 Å². The van der Waals surface area contributed by atoms with Crippen LogP contribution < -0.4 is 10.5 Å². The number of carbonyl (C=O) groups is 1. The van der Waals surface area contributed by atoms with Crippen molar-refractivity contribution >= 4 is 17.6 Å². The Morgan fingerprint density at radius 2 is 1.95 bits per heavy atom. The first-order valence-electron chi connectivity index (χ1n) is 6.47. The molecule has 0 aromatic heterocycles. The number of carboxylic acids is 1. The van der Waals surface area contributed by atoms with Gasteiger partial charge in [-0.25, -0.2) is 4.79 Å². The molecule has 2 aromatic carbocycles. The summed E-state index contributed by atoms with van der Waals surface area (Å²) in [6.07, 6.45) is 0. The lowest BCUT2D eigenvalue weighted by atomic mass is 10.1. The molecule has 1 atom stereocenters. The highest BCUT2D eigenvalue weighted by Crippen LogP contribution is 2.27. The van der Waals surface area contributed by atoms with Crippen molar-refractivity contribution in [2.24, 2.45) is 5.73 Å². The zero-order valence-corrected chi connectivity index (χ0v) is 12.3. The minimum atomic E-state index is -0.945. The van der Waals surface area contributed by atoms with Crippen LogP contribution >= 0.6 is 11.6 Å². The summed E-state index contributed by atoms with van der Waals surface area (Å²) in [4.78, 5) is 10.8. The number of benzene rings is 2. The van der Waals surface area contributed by atoms with Crippen LogP contribution in [0.5, 0.6) is 5.75 Å². The molecule has 2 aromatic rings. The van der Waals surface area contributed by atoms with E-state index < -0.39 is 5.97 Å². The fourth-order valence-electron chi connectivity index (χ4n) is 1.91. The zero-order chi connectivity index (χ0) is 15.4. The van der Waals surface area contributed by atoms with Gasteiger partial charge in [0.05, 0.1) is 5.56 Å². The summed E-state index contributed by atoms with van der Waals surface area (Å²) in [5, 5.41) is 9.46. The molecule has 110 valence electrons. The van der Waals surface area contributed by atoms with Crippen LogP contribution in [-0.2, 0) is 6.61 Å². The van der Waals surface area contributed by atoms with Crippen molar-refractivity contribution in [3.8, 4) is 5.75 Å². The maximum atomic E-state index is 10.8. The number of rotatable bonds is 5. The highest BCUT2D eigenvalue weighted by molar-refractivity contribution is 6.30. The third-order valence-corrected chi connectivity index (χ3v) is 3.29. The molecule has 0 bridgehead atoms. The normalized spacial score (nSPS) is 12.0. The van der Waals surface area contributed by atoms with E-state index in [2.05, 4.69) is 0 Å². The van der Waals surface area contributed by atoms with Gasteiger partial charge in [-0.05, 0) is 42.8 Å². The molecular formula is C16H16ClNO3. The minimum absolute atomic E-state index is 0.187. The monoisotopic (exact) mass is 305 g/mol. The molecule has 0 heterocycles. The lowest BCUT2D eigenvalue weighted by molar-refractivity contribution is 0.0697. The topological polar surface area (TPSA) is 72.5 Å².